The summed E-state index contributed by atoms with van der Waals surface area (Å²) in [5.41, 5.74) is 10.3. The Morgan fingerprint density at radius 1 is 1.21 bits per heavy atom. The highest BCUT2D eigenvalue weighted by Gasteiger charge is 2.83. The Labute approximate surface area is 222 Å². The zero-order chi connectivity index (χ0) is 26.0. The molecule has 3 N–H and O–H groups in total. The van der Waals surface area contributed by atoms with Crippen LogP contribution in [-0.4, -0.2) is 48.9 Å². The van der Waals surface area contributed by atoms with Crippen molar-refractivity contribution in [3.8, 4) is 0 Å². The Balaban J connectivity index is 1.19. The number of rotatable bonds is 5. The van der Waals surface area contributed by atoms with E-state index in [2.05, 4.69) is 45.4 Å². The molecule has 4 aliphatic carbocycles. The monoisotopic (exact) mass is 510 g/mol. The third kappa shape index (κ3) is 2.52. The number of nitrogen functional groups attached to an aromatic ring is 1. The second-order valence-corrected chi connectivity index (χ2v) is 12.6. The summed E-state index contributed by atoms with van der Waals surface area (Å²) in [6, 6.07) is 7.66. The molecule has 2 aromatic heterocycles. The average Bonchev–Trinajstić information content (AvgIpc) is 3.51. The first-order valence-electron chi connectivity index (χ1n) is 14.2. The van der Waals surface area contributed by atoms with Gasteiger partial charge in [0.25, 0.3) is 11.8 Å². The maximum atomic E-state index is 14.6. The van der Waals surface area contributed by atoms with Crippen LogP contribution >= 0.6 is 0 Å². The van der Waals surface area contributed by atoms with Gasteiger partial charge in [0, 0.05) is 24.0 Å². The summed E-state index contributed by atoms with van der Waals surface area (Å²) in [6.45, 7) is 4.18. The fourth-order valence-electron chi connectivity index (χ4n) is 9.94. The van der Waals surface area contributed by atoms with Gasteiger partial charge in [-0.2, -0.15) is 0 Å². The molecule has 1 spiro atoms. The number of carbonyl (C=O) groups excluding carboxylic acids is 2. The zero-order valence-electron chi connectivity index (χ0n) is 22.0. The summed E-state index contributed by atoms with van der Waals surface area (Å²) >= 11 is 0. The number of hydrogen-bond acceptors (Lipinski definition) is 5. The number of fused-ring (bicyclic) bond motifs is 3. The molecule has 196 valence electrons. The van der Waals surface area contributed by atoms with Crippen LogP contribution in [0.4, 0.5) is 5.82 Å². The molecule has 8 rings (SSSR count). The first kappa shape index (κ1) is 22.6. The molecule has 7 atom stereocenters. The van der Waals surface area contributed by atoms with E-state index < -0.39 is 0 Å². The van der Waals surface area contributed by atoms with Gasteiger partial charge < -0.3 is 16.0 Å². The van der Waals surface area contributed by atoms with E-state index in [4.69, 9.17) is 5.73 Å². The molecule has 4 saturated carbocycles. The highest BCUT2D eigenvalue weighted by atomic mass is 16.2. The van der Waals surface area contributed by atoms with Crippen LogP contribution in [0.15, 0.2) is 36.7 Å². The van der Waals surface area contributed by atoms with Crippen LogP contribution in [0.3, 0.4) is 0 Å². The van der Waals surface area contributed by atoms with Crippen molar-refractivity contribution in [1.82, 2.24) is 24.8 Å². The summed E-state index contributed by atoms with van der Waals surface area (Å²) in [4.78, 5) is 34.8. The van der Waals surface area contributed by atoms with Gasteiger partial charge in [0.15, 0.2) is 11.5 Å². The largest absolute Gasteiger partial charge is 0.381 e. The minimum Gasteiger partial charge on any atom is -0.381 e. The van der Waals surface area contributed by atoms with E-state index in [1.165, 1.54) is 23.8 Å². The van der Waals surface area contributed by atoms with Crippen molar-refractivity contribution in [2.24, 2.45) is 23.2 Å². The van der Waals surface area contributed by atoms with E-state index >= 15 is 0 Å². The number of nitrogens with one attached hydrogen (secondary N) is 1. The van der Waals surface area contributed by atoms with Gasteiger partial charge in [0.05, 0.1) is 11.6 Å². The molecule has 1 aliphatic heterocycles. The lowest BCUT2D eigenvalue weighted by atomic mass is 9.34. The predicted octanol–water partition coefficient (Wildman–Crippen LogP) is 3.64. The summed E-state index contributed by atoms with van der Waals surface area (Å²) in [5.74, 6) is 2.32. The van der Waals surface area contributed by atoms with Crippen molar-refractivity contribution in [2.45, 2.75) is 76.4 Å². The summed E-state index contributed by atoms with van der Waals surface area (Å²) < 4.78 is 1.53. The molecular formula is C30H34N6O2. The molecule has 8 heteroatoms. The normalized spacial score (nSPS) is 34.9. The van der Waals surface area contributed by atoms with Crippen molar-refractivity contribution in [3.05, 3.63) is 58.9 Å². The van der Waals surface area contributed by atoms with Crippen LogP contribution in [0, 0.1) is 23.2 Å². The molecule has 5 aliphatic rings. The molecule has 6 unspecified atom stereocenters. The van der Waals surface area contributed by atoms with Crippen LogP contribution in [0.25, 0.3) is 5.65 Å². The molecule has 2 amide bonds. The van der Waals surface area contributed by atoms with E-state index in [1.807, 2.05) is 6.92 Å². The molecule has 1 aromatic carbocycles. The minimum atomic E-state index is -0.291. The molecule has 0 saturated heterocycles. The van der Waals surface area contributed by atoms with Gasteiger partial charge in [-0.3, -0.25) is 9.59 Å². The highest BCUT2D eigenvalue weighted by molar-refractivity contribution is 6.04. The first-order valence-corrected chi connectivity index (χ1v) is 14.2. The number of amides is 2. The van der Waals surface area contributed by atoms with Gasteiger partial charge >= 0.3 is 0 Å². The zero-order valence-corrected chi connectivity index (χ0v) is 22.0. The van der Waals surface area contributed by atoms with Crippen LogP contribution in [0.1, 0.15) is 77.8 Å². The minimum absolute atomic E-state index is 0.0617. The Hall–Kier alpha value is -3.42. The van der Waals surface area contributed by atoms with Gasteiger partial charge in [0.1, 0.15) is 5.56 Å². The first-order chi connectivity index (χ1) is 18.4. The van der Waals surface area contributed by atoms with Crippen molar-refractivity contribution in [2.75, 3.05) is 5.73 Å². The van der Waals surface area contributed by atoms with Gasteiger partial charge in [-0.05, 0) is 92.2 Å². The van der Waals surface area contributed by atoms with Gasteiger partial charge in [-0.25, -0.2) is 9.50 Å². The molecule has 0 radical (unpaired) electrons. The molecule has 3 heterocycles. The Bertz CT molecular complexity index is 1530. The fourth-order valence-corrected chi connectivity index (χ4v) is 9.94. The maximum absolute atomic E-state index is 14.6. The lowest BCUT2D eigenvalue weighted by Crippen LogP contribution is -2.80. The molecular weight excluding hydrogens is 476 g/mol. The summed E-state index contributed by atoms with van der Waals surface area (Å²) in [7, 11) is 0. The smallest absolute Gasteiger partial charge is 0.259 e. The third-order valence-electron chi connectivity index (χ3n) is 11.2. The summed E-state index contributed by atoms with van der Waals surface area (Å²) in [5, 5.41) is 7.50. The fraction of sp³-hybridized carbons (Fsp3) is 0.533. The SMILES string of the molecule is CCc1cccc2c1C(=O)N(C13CC4CC5CC(C1)C53C4)C([C@H](C)NC(=O)c1c(N)nn3cccnc13)C2. The van der Waals surface area contributed by atoms with E-state index in [-0.39, 0.29) is 35.3 Å². The van der Waals surface area contributed by atoms with Crippen molar-refractivity contribution >= 4 is 23.3 Å². The number of nitrogens with zero attached hydrogens (tertiary/aromatic N) is 4. The topological polar surface area (TPSA) is 106 Å². The number of anilines is 1. The number of aromatic nitrogens is 3. The average molecular weight is 511 g/mol. The van der Waals surface area contributed by atoms with Crippen LogP contribution in [-0.2, 0) is 12.8 Å². The maximum Gasteiger partial charge on any atom is 0.259 e. The standard InChI is InChI=1S/C30H34N6O2/c1-3-18-6-4-7-19-11-22(16(2)33-27(37)24-25(31)34-35-9-5-8-32-26(24)35)36(28(38)23(18)19)29-13-17-10-20-12-21(15-29)30(20,29)14-17/h4-9,16-17,20-22H,3,10-15H2,1-2H3,(H2,31,34)(H,33,37)/t16-,17?,20?,21?,22?,29?,30?/m0/s1. The van der Waals surface area contributed by atoms with E-state index in [0.29, 0.717) is 16.6 Å². The van der Waals surface area contributed by atoms with E-state index in [9.17, 15) is 9.59 Å². The number of nitrogens with two attached hydrogens (primary N) is 1. The lowest BCUT2D eigenvalue weighted by Gasteiger charge is -2.76. The van der Waals surface area contributed by atoms with Crippen molar-refractivity contribution < 1.29 is 9.59 Å². The van der Waals surface area contributed by atoms with E-state index in [1.54, 1.807) is 18.5 Å². The molecule has 38 heavy (non-hydrogen) atoms. The predicted molar refractivity (Wildman–Crippen MR) is 143 cm³/mol. The molecule has 8 nitrogen and oxygen atoms in total. The van der Waals surface area contributed by atoms with Crippen LogP contribution in [0.2, 0.25) is 0 Å². The number of benzene rings is 1. The van der Waals surface area contributed by atoms with Gasteiger partial charge in [-0.15, -0.1) is 5.10 Å². The van der Waals surface area contributed by atoms with Crippen molar-refractivity contribution in [1.29, 1.82) is 0 Å². The highest BCUT2D eigenvalue weighted by Crippen LogP contribution is 2.84. The number of aryl methyl sites for hydroxylation is 1. The second kappa shape index (κ2) is 7.36. The van der Waals surface area contributed by atoms with Gasteiger partial charge in [-0.1, -0.05) is 25.1 Å². The van der Waals surface area contributed by atoms with Crippen molar-refractivity contribution in [3.63, 3.8) is 0 Å². The molecule has 4 fully saturated rings. The Morgan fingerprint density at radius 3 is 2.87 bits per heavy atom. The molecule has 3 aromatic rings. The molecule has 2 bridgehead atoms. The third-order valence-corrected chi connectivity index (χ3v) is 11.2. The Morgan fingerprint density at radius 2 is 2.08 bits per heavy atom. The number of carbonyl (C=O) groups is 2. The Kier molecular flexibility index (Phi) is 4.37. The quantitative estimate of drug-likeness (QED) is 0.545. The van der Waals surface area contributed by atoms with E-state index in [0.717, 1.165) is 60.1 Å². The van der Waals surface area contributed by atoms with Crippen LogP contribution < -0.4 is 11.1 Å². The number of hydrogen-bond donors (Lipinski definition) is 2. The summed E-state index contributed by atoms with van der Waals surface area (Å²) in [6.07, 6.45) is 11.2. The second-order valence-electron chi connectivity index (χ2n) is 12.6. The lowest BCUT2D eigenvalue weighted by molar-refractivity contribution is -0.249. The van der Waals surface area contributed by atoms with Crippen LogP contribution in [0.5, 0.6) is 0 Å². The van der Waals surface area contributed by atoms with Gasteiger partial charge in [0.2, 0.25) is 0 Å².